The van der Waals surface area contributed by atoms with Crippen molar-refractivity contribution in [1.82, 2.24) is 5.32 Å². The summed E-state index contributed by atoms with van der Waals surface area (Å²) in [5, 5.41) is 11.0. The molecule has 2 amide bonds. The number of nitrogens with one attached hydrogen (secondary N) is 1. The molecule has 1 saturated heterocycles. The Balaban J connectivity index is 2.02. The molecule has 6 nitrogen and oxygen atoms in total. The molecule has 2 N–H and O–H groups in total. The first-order chi connectivity index (χ1) is 11.3. The van der Waals surface area contributed by atoms with E-state index in [1.54, 1.807) is 12.1 Å². The Morgan fingerprint density at radius 3 is 2.50 bits per heavy atom. The number of benzene rings is 1. The molecule has 0 saturated carbocycles. The third kappa shape index (κ3) is 4.27. The van der Waals surface area contributed by atoms with Crippen molar-refractivity contribution in [2.45, 2.75) is 32.2 Å². The van der Waals surface area contributed by atoms with E-state index in [1.807, 2.05) is 19.1 Å². The molecule has 0 radical (unpaired) electrons. The van der Waals surface area contributed by atoms with E-state index in [-0.39, 0.29) is 18.9 Å². The number of rotatable bonds is 6. The highest BCUT2D eigenvalue weighted by Crippen LogP contribution is 2.25. The monoisotopic (exact) mass is 340 g/mol. The molecule has 2 rings (SSSR count). The van der Waals surface area contributed by atoms with Gasteiger partial charge in [-0.2, -0.15) is 0 Å². The molecule has 0 aromatic heterocycles. The number of anilines is 1. The quantitative estimate of drug-likeness (QED) is 0.823. The molecule has 0 bridgehead atoms. The Bertz CT molecular complexity index is 633. The largest absolute Gasteiger partial charge is 0.480 e. The maximum atomic E-state index is 12.4. The zero-order valence-corrected chi connectivity index (χ0v) is 13.0. The Labute approximate surface area is 137 Å². The lowest BCUT2D eigenvalue weighted by molar-refractivity contribution is -0.143. The number of hydrogen-bond acceptors (Lipinski definition) is 3. The van der Waals surface area contributed by atoms with Gasteiger partial charge in [-0.15, -0.1) is 0 Å². The van der Waals surface area contributed by atoms with E-state index in [9.17, 15) is 23.2 Å². The van der Waals surface area contributed by atoms with Crippen LogP contribution in [0.15, 0.2) is 24.3 Å². The average molecular weight is 340 g/mol. The van der Waals surface area contributed by atoms with Crippen molar-refractivity contribution < 1.29 is 28.3 Å². The smallest absolute Gasteiger partial charge is 0.326 e. The average Bonchev–Trinajstić information content (AvgIpc) is 2.89. The highest BCUT2D eigenvalue weighted by Gasteiger charge is 2.37. The summed E-state index contributed by atoms with van der Waals surface area (Å²) >= 11 is 0. The van der Waals surface area contributed by atoms with Crippen molar-refractivity contribution in [1.29, 1.82) is 0 Å². The highest BCUT2D eigenvalue weighted by molar-refractivity contribution is 6.00. The predicted octanol–water partition coefficient (Wildman–Crippen LogP) is 1.57. The molecule has 8 heteroatoms. The fourth-order valence-electron chi connectivity index (χ4n) is 2.55. The van der Waals surface area contributed by atoms with Crippen LogP contribution in [-0.4, -0.2) is 41.9 Å². The summed E-state index contributed by atoms with van der Waals surface area (Å²) in [6.45, 7) is 2.00. The van der Waals surface area contributed by atoms with Crippen molar-refractivity contribution in [2.75, 3.05) is 11.4 Å². The minimum Gasteiger partial charge on any atom is -0.480 e. The molecule has 1 heterocycles. The number of carbonyl (C=O) groups is 3. The van der Waals surface area contributed by atoms with Crippen LogP contribution in [0, 0.1) is 12.8 Å². The summed E-state index contributed by atoms with van der Waals surface area (Å²) in [6, 6.07) is 5.51. The second-order valence-electron chi connectivity index (χ2n) is 5.77. The fourth-order valence-corrected chi connectivity index (χ4v) is 2.55. The molecule has 0 spiro atoms. The number of aliphatic carboxylic acids is 1. The number of alkyl halides is 2. The third-order valence-electron chi connectivity index (χ3n) is 3.87. The Hall–Kier alpha value is -2.51. The topological polar surface area (TPSA) is 86.7 Å². The first-order valence-electron chi connectivity index (χ1n) is 7.46. The number of carboxylic acid groups (broad SMARTS) is 1. The molecule has 1 aromatic rings. The van der Waals surface area contributed by atoms with Gasteiger partial charge in [-0.3, -0.25) is 9.59 Å². The third-order valence-corrected chi connectivity index (χ3v) is 3.87. The van der Waals surface area contributed by atoms with Crippen LogP contribution in [0.3, 0.4) is 0 Å². The number of nitrogens with zero attached hydrogens (tertiary/aromatic N) is 1. The SMILES string of the molecule is Cc1ccc(N2CC(C(=O)NC(CC(F)F)C(=O)O)CC2=O)cc1. The van der Waals surface area contributed by atoms with Crippen molar-refractivity contribution in [3.63, 3.8) is 0 Å². The predicted molar refractivity (Wildman–Crippen MR) is 81.8 cm³/mol. The van der Waals surface area contributed by atoms with Gasteiger partial charge >= 0.3 is 5.97 Å². The Morgan fingerprint density at radius 1 is 1.33 bits per heavy atom. The van der Waals surface area contributed by atoms with Gasteiger partial charge in [0.2, 0.25) is 18.2 Å². The van der Waals surface area contributed by atoms with E-state index in [2.05, 4.69) is 5.32 Å². The summed E-state index contributed by atoms with van der Waals surface area (Å²) in [7, 11) is 0. The van der Waals surface area contributed by atoms with Crippen LogP contribution in [0.4, 0.5) is 14.5 Å². The summed E-state index contributed by atoms with van der Waals surface area (Å²) in [6.07, 6.45) is -3.90. The number of hydrogen-bond donors (Lipinski definition) is 2. The highest BCUT2D eigenvalue weighted by atomic mass is 19.3. The van der Waals surface area contributed by atoms with Gasteiger partial charge in [0.15, 0.2) is 0 Å². The van der Waals surface area contributed by atoms with E-state index in [4.69, 9.17) is 5.11 Å². The van der Waals surface area contributed by atoms with Gasteiger partial charge in [0, 0.05) is 25.1 Å². The summed E-state index contributed by atoms with van der Waals surface area (Å²) in [5.74, 6) is -3.26. The Kier molecular flexibility index (Phi) is 5.48. The second kappa shape index (κ2) is 7.37. The van der Waals surface area contributed by atoms with Crippen molar-refractivity contribution >= 4 is 23.5 Å². The lowest BCUT2D eigenvalue weighted by Gasteiger charge is -2.18. The summed E-state index contributed by atoms with van der Waals surface area (Å²) in [5.41, 5.74) is 1.67. The molecule has 1 aromatic carbocycles. The number of carboxylic acids is 1. The van der Waals surface area contributed by atoms with Crippen LogP contribution >= 0.6 is 0 Å². The maximum absolute atomic E-state index is 12.4. The molecular formula is C16H18F2N2O4. The van der Waals surface area contributed by atoms with E-state index < -0.39 is 36.7 Å². The molecule has 1 fully saturated rings. The molecular weight excluding hydrogens is 322 g/mol. The van der Waals surface area contributed by atoms with Crippen LogP contribution in [0.5, 0.6) is 0 Å². The van der Waals surface area contributed by atoms with Crippen LogP contribution in [-0.2, 0) is 14.4 Å². The van der Waals surface area contributed by atoms with Crippen molar-refractivity contribution in [2.24, 2.45) is 5.92 Å². The molecule has 24 heavy (non-hydrogen) atoms. The summed E-state index contributed by atoms with van der Waals surface area (Å²) < 4.78 is 24.7. The maximum Gasteiger partial charge on any atom is 0.326 e. The zero-order valence-electron chi connectivity index (χ0n) is 13.0. The lowest BCUT2D eigenvalue weighted by Crippen LogP contribution is -2.45. The standard InChI is InChI=1S/C16H18F2N2O4/c1-9-2-4-11(5-3-9)20-8-10(6-14(20)21)15(22)19-12(16(23)24)7-13(17)18/h2-5,10,12-13H,6-8H2,1H3,(H,19,22)(H,23,24). The normalized spacial score (nSPS) is 18.8. The number of halogens is 2. The lowest BCUT2D eigenvalue weighted by atomic mass is 10.1. The van der Waals surface area contributed by atoms with Crippen LogP contribution in [0.2, 0.25) is 0 Å². The number of aryl methyl sites for hydroxylation is 1. The molecule has 1 aliphatic rings. The molecule has 2 atom stereocenters. The molecule has 2 unspecified atom stereocenters. The zero-order chi connectivity index (χ0) is 17.9. The number of carbonyl (C=O) groups excluding carboxylic acids is 2. The van der Waals surface area contributed by atoms with Gasteiger partial charge in [-0.05, 0) is 19.1 Å². The fraction of sp³-hybridized carbons (Fsp3) is 0.438. The van der Waals surface area contributed by atoms with Gasteiger partial charge in [-0.25, -0.2) is 13.6 Å². The van der Waals surface area contributed by atoms with E-state index in [0.717, 1.165) is 5.56 Å². The van der Waals surface area contributed by atoms with Crippen LogP contribution in [0.1, 0.15) is 18.4 Å². The first kappa shape index (κ1) is 17.8. The van der Waals surface area contributed by atoms with Gasteiger partial charge in [-0.1, -0.05) is 17.7 Å². The number of amides is 2. The van der Waals surface area contributed by atoms with Crippen LogP contribution in [0.25, 0.3) is 0 Å². The molecule has 1 aliphatic heterocycles. The van der Waals surface area contributed by atoms with Gasteiger partial charge < -0.3 is 15.3 Å². The summed E-state index contributed by atoms with van der Waals surface area (Å²) in [4.78, 5) is 36.6. The molecule has 130 valence electrons. The van der Waals surface area contributed by atoms with Crippen molar-refractivity contribution in [3.05, 3.63) is 29.8 Å². The van der Waals surface area contributed by atoms with E-state index >= 15 is 0 Å². The van der Waals surface area contributed by atoms with Crippen molar-refractivity contribution in [3.8, 4) is 0 Å². The van der Waals surface area contributed by atoms with Gasteiger partial charge in [0.05, 0.1) is 5.92 Å². The first-order valence-corrected chi connectivity index (χ1v) is 7.46. The minimum absolute atomic E-state index is 0.0826. The van der Waals surface area contributed by atoms with Gasteiger partial charge in [0.25, 0.3) is 0 Å². The van der Waals surface area contributed by atoms with E-state index in [0.29, 0.717) is 5.69 Å². The minimum atomic E-state index is -2.85. The Morgan fingerprint density at radius 2 is 1.96 bits per heavy atom. The van der Waals surface area contributed by atoms with Crippen LogP contribution < -0.4 is 10.2 Å². The van der Waals surface area contributed by atoms with E-state index in [1.165, 1.54) is 4.90 Å². The second-order valence-corrected chi connectivity index (χ2v) is 5.77. The van der Waals surface area contributed by atoms with Gasteiger partial charge in [0.1, 0.15) is 6.04 Å². The molecule has 0 aliphatic carbocycles.